The molecule has 0 bridgehead atoms. The molecule has 0 saturated heterocycles. The van der Waals surface area contributed by atoms with Crippen LogP contribution in [0.5, 0.6) is 11.5 Å². The van der Waals surface area contributed by atoms with Gasteiger partial charge in [0.15, 0.2) is 0 Å². The topological polar surface area (TPSA) is 35.5 Å². The van der Waals surface area contributed by atoms with Gasteiger partial charge in [0, 0.05) is 0 Å². The summed E-state index contributed by atoms with van der Waals surface area (Å²) in [5.74, 6) is 0.937. The quantitative estimate of drug-likeness (QED) is 0.214. The summed E-state index contributed by atoms with van der Waals surface area (Å²) >= 11 is 1.66. The van der Waals surface area contributed by atoms with Crippen molar-refractivity contribution in [1.29, 1.82) is 0 Å². The molecular weight excluding hydrogens is 478 g/mol. The molecule has 0 aromatic heterocycles. The number of benzene rings is 3. The third kappa shape index (κ3) is 5.81. The van der Waals surface area contributed by atoms with Gasteiger partial charge in [-0.2, -0.15) is 0 Å². The zero-order valence-corrected chi connectivity index (χ0v) is 20.9. The molecule has 0 unspecified atom stereocenters. The van der Waals surface area contributed by atoms with E-state index < -0.39 is 0 Å². The molecule has 0 aliphatic rings. The molecule has 0 radical (unpaired) electrons. The second kappa shape index (κ2) is 12.4. The van der Waals surface area contributed by atoms with Gasteiger partial charge in [0.25, 0.3) is 0 Å². The summed E-state index contributed by atoms with van der Waals surface area (Å²) in [5, 5.41) is 0. The number of aryl methyl sites for hydroxylation is 2. The van der Waals surface area contributed by atoms with Crippen molar-refractivity contribution in [2.24, 2.45) is 0 Å². The van der Waals surface area contributed by atoms with Gasteiger partial charge in [-0.25, -0.2) is 0 Å². The maximum absolute atomic E-state index is 12.6. The second-order valence-corrected chi connectivity index (χ2v) is 6.94. The monoisotopic (exact) mass is 498 g/mol. The zero-order chi connectivity index (χ0) is 19.6. The van der Waals surface area contributed by atoms with Crippen LogP contribution in [-0.4, -0.2) is 5.97 Å². The summed E-state index contributed by atoms with van der Waals surface area (Å²) < 4.78 is 11.5. The molecule has 3 rings (SSSR count). The average Bonchev–Trinajstić information content (AvgIpc) is 2.68. The molecule has 0 aliphatic carbocycles. The first-order valence-electron chi connectivity index (χ1n) is 8.75. The first kappa shape index (κ1) is 28.5. The fraction of sp³-hybridized carbons (Fsp3) is 0.174. The normalized spacial score (nSPS) is 9.53. The van der Waals surface area contributed by atoms with Crippen molar-refractivity contribution >= 4 is 5.97 Å². The Morgan fingerprint density at radius 3 is 1.67 bits per heavy atom. The molecule has 3 aromatic carbocycles. The third-order valence-corrected chi connectivity index (χ3v) is 5.31. The first-order valence-corrected chi connectivity index (χ1v) is 9.39. The van der Waals surface area contributed by atoms with E-state index in [4.69, 9.17) is 8.06 Å². The van der Waals surface area contributed by atoms with E-state index in [2.05, 4.69) is 20.8 Å². The van der Waals surface area contributed by atoms with E-state index in [-0.39, 0.29) is 43.2 Å². The Balaban J connectivity index is 0.00000280. The minimum atomic E-state index is -0.371. The van der Waals surface area contributed by atoms with E-state index in [1.54, 1.807) is 33.0 Å². The van der Waals surface area contributed by atoms with Crippen molar-refractivity contribution < 1.29 is 70.9 Å². The van der Waals surface area contributed by atoms with Crippen LogP contribution in [0.2, 0.25) is 0 Å². The summed E-state index contributed by atoms with van der Waals surface area (Å²) in [4.78, 5) is 12.6. The van der Waals surface area contributed by atoms with Crippen LogP contribution in [0.4, 0.5) is 0 Å². The smallest absolute Gasteiger partial charge is 1.00 e. The maximum Gasteiger partial charge on any atom is -1.00 e. The third-order valence-electron chi connectivity index (χ3n) is 4.97. The van der Waals surface area contributed by atoms with Crippen molar-refractivity contribution in [1.82, 2.24) is 0 Å². The molecule has 0 saturated carbocycles. The Labute approximate surface area is 208 Å². The van der Waals surface area contributed by atoms with Crippen LogP contribution in [0.3, 0.4) is 0 Å². The number of hydrogen-bond donors (Lipinski definition) is 0. The number of carbonyl (C=O) groups is 1. The number of hydrogen-bond acceptors (Lipinski definition) is 3. The van der Waals surface area contributed by atoms with Crippen LogP contribution in [0, 0.1) is 27.7 Å². The van der Waals surface area contributed by atoms with Gasteiger partial charge in [-0.05, 0) is 0 Å². The van der Waals surface area contributed by atoms with Gasteiger partial charge in [0.05, 0.1) is 0 Å². The van der Waals surface area contributed by atoms with Crippen molar-refractivity contribution in [3.8, 4) is 22.6 Å². The van der Waals surface area contributed by atoms with Gasteiger partial charge < -0.3 is 37.2 Å². The van der Waals surface area contributed by atoms with Crippen LogP contribution in [0.25, 0.3) is 11.1 Å². The van der Waals surface area contributed by atoms with Crippen LogP contribution < -0.4 is 45.3 Å². The number of rotatable bonds is 4. The summed E-state index contributed by atoms with van der Waals surface area (Å²) in [6.45, 7) is 8.24. The Bertz CT molecular complexity index is 1010. The maximum atomic E-state index is 12.6. The van der Waals surface area contributed by atoms with Crippen LogP contribution in [0.15, 0.2) is 54.6 Å². The Morgan fingerprint density at radius 2 is 1.17 bits per heavy atom. The van der Waals surface area contributed by atoms with E-state index in [0.29, 0.717) is 11.3 Å². The zero-order valence-electron chi connectivity index (χ0n) is 17.1. The van der Waals surface area contributed by atoms with Crippen molar-refractivity contribution in [2.45, 2.75) is 27.7 Å². The standard InChI is InChI=1S/C23H22O3.3ClH.Ti/c1-14-10-12-19(24)21(16(14)3)22-17(4)15(2)11-13-20(22)26-23(25)18-8-6-5-7-9-18;;;;/h5-13,24H,1-4H3;3*1H;/q;;;;+4/p-4. The van der Waals surface area contributed by atoms with Gasteiger partial charge >= 0.3 is 172 Å². The van der Waals surface area contributed by atoms with E-state index >= 15 is 0 Å². The van der Waals surface area contributed by atoms with Gasteiger partial charge in [-0.3, -0.25) is 0 Å². The number of carbonyl (C=O) groups excluding carboxylic acids is 1. The minimum absolute atomic E-state index is 0. The largest absolute Gasteiger partial charge is 1.00 e. The predicted octanol–water partition coefficient (Wildman–Crippen LogP) is -3.34. The molecule has 0 spiro atoms. The predicted molar refractivity (Wildman–Crippen MR) is 103 cm³/mol. The molecule has 7 heteroatoms. The first-order chi connectivity index (χ1) is 12.9. The fourth-order valence-corrected chi connectivity index (χ4v) is 3.37. The van der Waals surface area contributed by atoms with E-state index in [0.717, 1.165) is 39.1 Å². The van der Waals surface area contributed by atoms with Gasteiger partial charge in [-0.15, -0.1) is 0 Å². The number of halogens is 3. The molecule has 3 aromatic rings. The Hall–Kier alpha value is -1.49. The van der Waals surface area contributed by atoms with Crippen molar-refractivity contribution in [2.75, 3.05) is 0 Å². The van der Waals surface area contributed by atoms with Crippen molar-refractivity contribution in [3.63, 3.8) is 0 Å². The average molecular weight is 500 g/mol. The Kier molecular flexibility index (Phi) is 11.8. The molecule has 3 nitrogen and oxygen atoms in total. The van der Waals surface area contributed by atoms with Gasteiger partial charge in [0.1, 0.15) is 0 Å². The summed E-state index contributed by atoms with van der Waals surface area (Å²) in [7, 11) is 0. The van der Waals surface area contributed by atoms with Gasteiger partial charge in [0.2, 0.25) is 0 Å². The van der Waals surface area contributed by atoms with E-state index in [9.17, 15) is 4.79 Å². The second-order valence-electron chi connectivity index (χ2n) is 6.62. The van der Waals surface area contributed by atoms with Crippen LogP contribution in [-0.2, 0) is 20.8 Å². The molecule has 0 heterocycles. The number of ether oxygens (including phenoxy) is 1. The SMILES string of the molecule is Cc1ccc([O][Ti+3])c(-c2c(OC(=O)c3ccccc3)ccc(C)c2C)c1C.[Cl-].[Cl-].[Cl-]. The van der Waals surface area contributed by atoms with Crippen LogP contribution >= 0.6 is 0 Å². The molecule has 156 valence electrons. The fourth-order valence-electron chi connectivity index (χ4n) is 3.11. The minimum Gasteiger partial charge on any atom is -1.00 e. The molecule has 0 aliphatic heterocycles. The summed E-state index contributed by atoms with van der Waals surface area (Å²) in [6.07, 6.45) is 0. The molecular formula is C23H21Cl3O3Ti. The molecule has 0 amide bonds. The summed E-state index contributed by atoms with van der Waals surface area (Å²) in [6, 6.07) is 16.9. The van der Waals surface area contributed by atoms with E-state index in [1.807, 2.05) is 49.4 Å². The Morgan fingerprint density at radius 1 is 0.700 bits per heavy atom. The molecule has 30 heavy (non-hydrogen) atoms. The van der Waals surface area contributed by atoms with E-state index in [1.165, 1.54) is 0 Å². The van der Waals surface area contributed by atoms with Crippen LogP contribution in [0.1, 0.15) is 32.6 Å². The summed E-state index contributed by atoms with van der Waals surface area (Å²) in [5.41, 5.74) is 6.86. The van der Waals surface area contributed by atoms with Gasteiger partial charge in [-0.1, -0.05) is 0 Å². The number of esters is 1. The molecule has 0 atom stereocenters. The van der Waals surface area contributed by atoms with Crippen molar-refractivity contribution in [3.05, 3.63) is 82.4 Å². The molecule has 0 fully saturated rings. The molecule has 0 N–H and O–H groups in total.